The van der Waals surface area contributed by atoms with E-state index in [9.17, 15) is 4.79 Å². The molecule has 0 saturated heterocycles. The summed E-state index contributed by atoms with van der Waals surface area (Å²) in [5.41, 5.74) is 0. The van der Waals surface area contributed by atoms with Gasteiger partial charge in [-0.2, -0.15) is 0 Å². The molecule has 1 unspecified atom stereocenters. The Bertz CT molecular complexity index is 362. The standard InChI is InChI=1S/C14H21NO3/c1-4-5-10-15-14(16)11(2)18-13-8-6-12(17-3)7-9-13/h6-9,11H,4-5,10H2,1-3H3,(H,15,16). The molecule has 4 nitrogen and oxygen atoms in total. The molecule has 18 heavy (non-hydrogen) atoms. The largest absolute Gasteiger partial charge is 0.497 e. The van der Waals surface area contributed by atoms with E-state index < -0.39 is 6.10 Å². The van der Waals surface area contributed by atoms with Crippen molar-refractivity contribution < 1.29 is 14.3 Å². The molecule has 1 atom stereocenters. The van der Waals surface area contributed by atoms with Crippen molar-refractivity contribution in [2.24, 2.45) is 0 Å². The van der Waals surface area contributed by atoms with Gasteiger partial charge in [-0.25, -0.2) is 0 Å². The highest BCUT2D eigenvalue weighted by Gasteiger charge is 2.13. The summed E-state index contributed by atoms with van der Waals surface area (Å²) in [5.74, 6) is 1.34. The van der Waals surface area contributed by atoms with Gasteiger partial charge in [0.15, 0.2) is 6.10 Å². The highest BCUT2D eigenvalue weighted by molar-refractivity contribution is 5.80. The lowest BCUT2D eigenvalue weighted by atomic mass is 10.3. The fourth-order valence-electron chi connectivity index (χ4n) is 1.44. The number of hydrogen-bond acceptors (Lipinski definition) is 3. The first-order chi connectivity index (χ1) is 8.67. The molecule has 0 aliphatic heterocycles. The topological polar surface area (TPSA) is 47.6 Å². The number of carbonyl (C=O) groups excluding carboxylic acids is 1. The molecule has 0 radical (unpaired) electrons. The van der Waals surface area contributed by atoms with Crippen molar-refractivity contribution in [2.45, 2.75) is 32.8 Å². The molecule has 0 aromatic heterocycles. The van der Waals surface area contributed by atoms with Gasteiger partial charge in [0.25, 0.3) is 5.91 Å². The van der Waals surface area contributed by atoms with Crippen LogP contribution in [0.5, 0.6) is 11.5 Å². The van der Waals surface area contributed by atoms with Gasteiger partial charge in [-0.15, -0.1) is 0 Å². The molecule has 100 valence electrons. The van der Waals surface area contributed by atoms with Crippen LogP contribution in [0, 0.1) is 0 Å². The maximum atomic E-state index is 11.7. The highest BCUT2D eigenvalue weighted by Crippen LogP contribution is 2.18. The van der Waals surface area contributed by atoms with Crippen molar-refractivity contribution in [2.75, 3.05) is 13.7 Å². The minimum atomic E-state index is -0.491. The van der Waals surface area contributed by atoms with Crippen molar-refractivity contribution in [1.29, 1.82) is 0 Å². The Hall–Kier alpha value is -1.71. The van der Waals surface area contributed by atoms with Crippen molar-refractivity contribution in [1.82, 2.24) is 5.32 Å². The third-order valence-electron chi connectivity index (χ3n) is 2.57. The predicted molar refractivity (Wildman–Crippen MR) is 71.0 cm³/mol. The van der Waals surface area contributed by atoms with E-state index in [1.807, 2.05) is 0 Å². The molecule has 0 spiro atoms. The number of carbonyl (C=O) groups is 1. The fraction of sp³-hybridized carbons (Fsp3) is 0.500. The summed E-state index contributed by atoms with van der Waals surface area (Å²) in [6.07, 6.45) is 1.56. The number of unbranched alkanes of at least 4 members (excludes halogenated alkanes) is 1. The van der Waals surface area contributed by atoms with Gasteiger partial charge in [0.05, 0.1) is 7.11 Å². The number of nitrogens with one attached hydrogen (secondary N) is 1. The van der Waals surface area contributed by atoms with E-state index in [4.69, 9.17) is 9.47 Å². The predicted octanol–water partition coefficient (Wildman–Crippen LogP) is 2.38. The van der Waals surface area contributed by atoms with Gasteiger partial charge < -0.3 is 14.8 Å². The number of ether oxygens (including phenoxy) is 2. The molecule has 0 aliphatic rings. The van der Waals surface area contributed by atoms with E-state index in [0.29, 0.717) is 12.3 Å². The summed E-state index contributed by atoms with van der Waals surface area (Å²) >= 11 is 0. The van der Waals surface area contributed by atoms with Crippen LogP contribution in [-0.4, -0.2) is 25.7 Å². The van der Waals surface area contributed by atoms with Crippen LogP contribution >= 0.6 is 0 Å². The maximum absolute atomic E-state index is 11.7. The SMILES string of the molecule is CCCCNC(=O)C(C)Oc1ccc(OC)cc1. The van der Waals surface area contributed by atoms with Crippen LogP contribution in [0.4, 0.5) is 0 Å². The maximum Gasteiger partial charge on any atom is 0.260 e. The minimum absolute atomic E-state index is 0.0840. The average molecular weight is 251 g/mol. The van der Waals surface area contributed by atoms with Gasteiger partial charge in [-0.1, -0.05) is 13.3 Å². The molecular formula is C14H21NO3. The summed E-state index contributed by atoms with van der Waals surface area (Å²) in [6.45, 7) is 4.53. The average Bonchev–Trinajstić information content (AvgIpc) is 2.39. The van der Waals surface area contributed by atoms with Gasteiger partial charge in [0, 0.05) is 6.54 Å². The van der Waals surface area contributed by atoms with Crippen molar-refractivity contribution in [3.8, 4) is 11.5 Å². The number of methoxy groups -OCH3 is 1. The molecule has 0 fully saturated rings. The zero-order valence-electron chi connectivity index (χ0n) is 11.2. The minimum Gasteiger partial charge on any atom is -0.497 e. The third-order valence-corrected chi connectivity index (χ3v) is 2.57. The van der Waals surface area contributed by atoms with E-state index in [0.717, 1.165) is 18.6 Å². The quantitative estimate of drug-likeness (QED) is 0.757. The van der Waals surface area contributed by atoms with Crippen LogP contribution in [-0.2, 0) is 4.79 Å². The van der Waals surface area contributed by atoms with E-state index in [2.05, 4.69) is 12.2 Å². The molecule has 1 amide bonds. The normalized spacial score (nSPS) is 11.7. The van der Waals surface area contributed by atoms with Gasteiger partial charge >= 0.3 is 0 Å². The lowest BCUT2D eigenvalue weighted by Crippen LogP contribution is -2.36. The monoisotopic (exact) mass is 251 g/mol. The van der Waals surface area contributed by atoms with Gasteiger partial charge in [-0.3, -0.25) is 4.79 Å². The summed E-state index contributed by atoms with van der Waals surface area (Å²) in [4.78, 5) is 11.7. The van der Waals surface area contributed by atoms with Crippen LogP contribution in [0.25, 0.3) is 0 Å². The van der Waals surface area contributed by atoms with Crippen LogP contribution < -0.4 is 14.8 Å². The number of amides is 1. The molecule has 0 bridgehead atoms. The Labute approximate surface area is 108 Å². The molecular weight excluding hydrogens is 230 g/mol. The summed E-state index contributed by atoms with van der Waals surface area (Å²) in [5, 5.41) is 2.84. The second-order valence-electron chi connectivity index (χ2n) is 4.08. The Balaban J connectivity index is 2.42. The third kappa shape index (κ3) is 4.65. The van der Waals surface area contributed by atoms with Crippen molar-refractivity contribution >= 4 is 5.91 Å². The van der Waals surface area contributed by atoms with E-state index >= 15 is 0 Å². The van der Waals surface area contributed by atoms with Crippen molar-refractivity contribution in [3.05, 3.63) is 24.3 Å². The fourth-order valence-corrected chi connectivity index (χ4v) is 1.44. The smallest absolute Gasteiger partial charge is 0.260 e. The number of benzene rings is 1. The van der Waals surface area contributed by atoms with Crippen LogP contribution in [0.15, 0.2) is 24.3 Å². The lowest BCUT2D eigenvalue weighted by molar-refractivity contribution is -0.127. The van der Waals surface area contributed by atoms with Crippen LogP contribution in [0.2, 0.25) is 0 Å². The second kappa shape index (κ2) is 7.58. The zero-order chi connectivity index (χ0) is 13.4. The van der Waals surface area contributed by atoms with Gasteiger partial charge in [0.2, 0.25) is 0 Å². The lowest BCUT2D eigenvalue weighted by Gasteiger charge is -2.14. The molecule has 1 aromatic carbocycles. The Morgan fingerprint density at radius 3 is 2.44 bits per heavy atom. The molecule has 0 saturated carbocycles. The molecule has 0 heterocycles. The first-order valence-electron chi connectivity index (χ1n) is 6.25. The van der Waals surface area contributed by atoms with Crippen LogP contribution in [0.3, 0.4) is 0 Å². The van der Waals surface area contributed by atoms with Gasteiger partial charge in [0.1, 0.15) is 11.5 Å². The Morgan fingerprint density at radius 2 is 1.89 bits per heavy atom. The van der Waals surface area contributed by atoms with Gasteiger partial charge in [-0.05, 0) is 37.6 Å². The first-order valence-corrected chi connectivity index (χ1v) is 6.25. The van der Waals surface area contributed by atoms with Crippen LogP contribution in [0.1, 0.15) is 26.7 Å². The van der Waals surface area contributed by atoms with Crippen molar-refractivity contribution in [3.63, 3.8) is 0 Å². The number of rotatable bonds is 7. The van der Waals surface area contributed by atoms with E-state index in [-0.39, 0.29) is 5.91 Å². The second-order valence-corrected chi connectivity index (χ2v) is 4.08. The number of hydrogen-bond donors (Lipinski definition) is 1. The summed E-state index contributed by atoms with van der Waals surface area (Å²) in [7, 11) is 1.61. The molecule has 1 N–H and O–H groups in total. The zero-order valence-corrected chi connectivity index (χ0v) is 11.2. The Kier molecular flexibility index (Phi) is 6.05. The Morgan fingerprint density at radius 1 is 1.28 bits per heavy atom. The van der Waals surface area contributed by atoms with E-state index in [1.54, 1.807) is 38.3 Å². The van der Waals surface area contributed by atoms with E-state index in [1.165, 1.54) is 0 Å². The highest BCUT2D eigenvalue weighted by atomic mass is 16.5. The summed E-state index contributed by atoms with van der Waals surface area (Å²) in [6, 6.07) is 7.18. The molecule has 1 aromatic rings. The molecule has 1 rings (SSSR count). The molecule has 4 heteroatoms. The first kappa shape index (κ1) is 14.4. The molecule has 0 aliphatic carbocycles. The summed E-state index contributed by atoms with van der Waals surface area (Å²) < 4.78 is 10.6.